The predicted molar refractivity (Wildman–Crippen MR) is 143 cm³/mol. The van der Waals surface area contributed by atoms with E-state index < -0.39 is 18.0 Å². The van der Waals surface area contributed by atoms with Crippen molar-refractivity contribution in [2.75, 3.05) is 13.2 Å². The van der Waals surface area contributed by atoms with Gasteiger partial charge in [0.1, 0.15) is 6.61 Å². The molecule has 3 aromatic rings. The van der Waals surface area contributed by atoms with Crippen LogP contribution in [-0.2, 0) is 16.1 Å². The zero-order valence-corrected chi connectivity index (χ0v) is 21.9. The summed E-state index contributed by atoms with van der Waals surface area (Å²) in [5, 5.41) is 6.65. The van der Waals surface area contributed by atoms with Gasteiger partial charge in [-0.05, 0) is 49.2 Å². The van der Waals surface area contributed by atoms with Gasteiger partial charge < -0.3 is 24.8 Å². The van der Waals surface area contributed by atoms with Crippen LogP contribution < -0.4 is 20.1 Å². The lowest BCUT2D eigenvalue weighted by atomic mass is 9.92. The second-order valence-electron chi connectivity index (χ2n) is 8.07. The summed E-state index contributed by atoms with van der Waals surface area (Å²) in [7, 11) is 0. The molecule has 0 aromatic heterocycles. The second-order valence-corrected chi connectivity index (χ2v) is 8.91. The molecule has 37 heavy (non-hydrogen) atoms. The highest BCUT2D eigenvalue weighted by molar-refractivity contribution is 6.35. The summed E-state index contributed by atoms with van der Waals surface area (Å²) in [5.74, 6) is 0.415. The molecule has 2 amide bonds. The van der Waals surface area contributed by atoms with E-state index >= 15 is 0 Å². The van der Waals surface area contributed by atoms with Crippen LogP contribution in [0, 0.1) is 0 Å². The van der Waals surface area contributed by atoms with Gasteiger partial charge in [0.25, 0.3) is 0 Å². The van der Waals surface area contributed by atoms with Crippen LogP contribution in [0.3, 0.4) is 0 Å². The minimum atomic E-state index is -0.776. The van der Waals surface area contributed by atoms with Crippen LogP contribution in [0.2, 0.25) is 10.0 Å². The fraction of sp³-hybridized carbons (Fsp3) is 0.214. The third-order valence-electron chi connectivity index (χ3n) is 5.63. The Hall–Kier alpha value is -3.68. The van der Waals surface area contributed by atoms with E-state index in [1.54, 1.807) is 43.3 Å². The molecule has 0 fully saturated rings. The van der Waals surface area contributed by atoms with Crippen LogP contribution in [0.5, 0.6) is 11.5 Å². The summed E-state index contributed by atoms with van der Waals surface area (Å²) >= 11 is 12.3. The van der Waals surface area contributed by atoms with Crippen LogP contribution in [0.25, 0.3) is 5.70 Å². The highest BCUT2D eigenvalue weighted by Crippen LogP contribution is 2.37. The van der Waals surface area contributed by atoms with Crippen LogP contribution in [0.4, 0.5) is 4.79 Å². The average molecular weight is 541 g/mol. The van der Waals surface area contributed by atoms with E-state index in [1.165, 1.54) is 0 Å². The minimum absolute atomic E-state index is 0.190. The summed E-state index contributed by atoms with van der Waals surface area (Å²) in [6.45, 7) is 4.36. The maximum Gasteiger partial charge on any atom is 0.338 e. The molecule has 1 atom stereocenters. The first-order valence-corrected chi connectivity index (χ1v) is 12.5. The number of urea groups is 1. The van der Waals surface area contributed by atoms with E-state index in [4.69, 9.17) is 37.4 Å². The molecule has 0 radical (unpaired) electrons. The largest absolute Gasteiger partial charge is 0.490 e. The van der Waals surface area contributed by atoms with Crippen LogP contribution in [0.15, 0.2) is 72.3 Å². The van der Waals surface area contributed by atoms with E-state index in [9.17, 15) is 9.59 Å². The molecule has 2 N–H and O–H groups in total. The fourth-order valence-corrected chi connectivity index (χ4v) is 4.42. The third-order valence-corrected chi connectivity index (χ3v) is 6.22. The van der Waals surface area contributed by atoms with Gasteiger partial charge in [-0.3, -0.25) is 0 Å². The molecule has 1 aliphatic heterocycles. The van der Waals surface area contributed by atoms with Crippen molar-refractivity contribution >= 4 is 40.9 Å². The lowest BCUT2D eigenvalue weighted by Gasteiger charge is -2.30. The number of rotatable bonds is 9. The summed E-state index contributed by atoms with van der Waals surface area (Å²) < 4.78 is 17.2. The second kappa shape index (κ2) is 12.0. The Balaban J connectivity index is 1.72. The van der Waals surface area contributed by atoms with Crippen molar-refractivity contribution in [1.82, 2.24) is 10.6 Å². The topological polar surface area (TPSA) is 85.9 Å². The van der Waals surface area contributed by atoms with Crippen molar-refractivity contribution in [1.29, 1.82) is 0 Å². The molecule has 4 rings (SSSR count). The van der Waals surface area contributed by atoms with Gasteiger partial charge in [-0.2, -0.15) is 0 Å². The zero-order valence-electron chi connectivity index (χ0n) is 20.3. The lowest BCUT2D eigenvalue weighted by molar-refractivity contribution is -0.138. The van der Waals surface area contributed by atoms with Crippen molar-refractivity contribution in [3.63, 3.8) is 0 Å². The van der Waals surface area contributed by atoms with Crippen molar-refractivity contribution in [2.24, 2.45) is 0 Å². The number of nitrogens with one attached hydrogen (secondary N) is 2. The average Bonchev–Trinajstić information content (AvgIpc) is 2.89. The maximum atomic E-state index is 13.1. The van der Waals surface area contributed by atoms with Gasteiger partial charge in [-0.1, -0.05) is 65.7 Å². The molecular weight excluding hydrogens is 515 g/mol. The van der Waals surface area contributed by atoms with Crippen LogP contribution in [-0.4, -0.2) is 25.2 Å². The van der Waals surface area contributed by atoms with Gasteiger partial charge in [0, 0.05) is 15.6 Å². The number of carbonyl (C=O) groups is 2. The number of hydrogen-bond acceptors (Lipinski definition) is 5. The lowest BCUT2D eigenvalue weighted by Crippen LogP contribution is -2.45. The molecule has 0 saturated heterocycles. The summed E-state index contributed by atoms with van der Waals surface area (Å²) in [6, 6.07) is 18.4. The Morgan fingerprint density at radius 3 is 2.41 bits per heavy atom. The van der Waals surface area contributed by atoms with Gasteiger partial charge in [0.05, 0.1) is 30.5 Å². The highest BCUT2D eigenvalue weighted by Gasteiger charge is 2.34. The van der Waals surface area contributed by atoms with E-state index in [0.717, 1.165) is 5.56 Å². The van der Waals surface area contributed by atoms with Gasteiger partial charge >= 0.3 is 12.0 Å². The summed E-state index contributed by atoms with van der Waals surface area (Å²) in [6.07, 6.45) is 0. The molecule has 0 spiro atoms. The van der Waals surface area contributed by atoms with Crippen molar-refractivity contribution in [2.45, 2.75) is 26.5 Å². The van der Waals surface area contributed by atoms with Crippen molar-refractivity contribution < 1.29 is 23.8 Å². The standard InChI is InChI=1S/C28H26Cl2N2O5/c1-3-35-23-14-18(11-13-22(23)37-16-19-10-12-20(29)15-21(19)30)26-24(27(33)36-4-2)25(31-28(34)32-26)17-8-6-5-7-9-17/h5-15,26H,3-4,16H2,1-2H3,(H2,31,32,34)/t26-/m1/s1. The van der Waals surface area contributed by atoms with E-state index in [-0.39, 0.29) is 18.8 Å². The number of halogens is 2. The number of ether oxygens (including phenoxy) is 3. The van der Waals surface area contributed by atoms with Crippen molar-refractivity contribution in [3.05, 3.63) is 99.0 Å². The minimum Gasteiger partial charge on any atom is -0.490 e. The first-order chi connectivity index (χ1) is 17.9. The van der Waals surface area contributed by atoms with Gasteiger partial charge in [-0.25, -0.2) is 9.59 Å². The third kappa shape index (κ3) is 6.18. The van der Waals surface area contributed by atoms with E-state index in [1.807, 2.05) is 37.3 Å². The quantitative estimate of drug-likeness (QED) is 0.311. The predicted octanol–water partition coefficient (Wildman–Crippen LogP) is 6.30. The number of esters is 1. The summed E-state index contributed by atoms with van der Waals surface area (Å²) in [5.41, 5.74) is 2.77. The molecule has 0 aliphatic carbocycles. The van der Waals surface area contributed by atoms with Gasteiger partial charge in [0.2, 0.25) is 0 Å². The van der Waals surface area contributed by atoms with Crippen LogP contribution >= 0.6 is 23.2 Å². The number of carbonyl (C=O) groups excluding carboxylic acids is 2. The first kappa shape index (κ1) is 26.4. The highest BCUT2D eigenvalue weighted by atomic mass is 35.5. The fourth-order valence-electron chi connectivity index (χ4n) is 3.96. The van der Waals surface area contributed by atoms with Gasteiger partial charge in [0.15, 0.2) is 11.5 Å². The Bertz CT molecular complexity index is 1330. The smallest absolute Gasteiger partial charge is 0.338 e. The maximum absolute atomic E-state index is 13.1. The molecular formula is C28H26Cl2N2O5. The first-order valence-electron chi connectivity index (χ1n) is 11.8. The molecule has 0 unspecified atom stereocenters. The normalized spacial score (nSPS) is 15.0. The summed E-state index contributed by atoms with van der Waals surface area (Å²) in [4.78, 5) is 25.8. The zero-order chi connectivity index (χ0) is 26.4. The molecule has 7 nitrogen and oxygen atoms in total. The molecule has 9 heteroatoms. The van der Waals surface area contributed by atoms with E-state index in [2.05, 4.69) is 10.6 Å². The molecule has 0 saturated carbocycles. The number of amides is 2. The number of hydrogen-bond donors (Lipinski definition) is 2. The van der Waals surface area contributed by atoms with Crippen LogP contribution in [0.1, 0.15) is 36.6 Å². The SMILES string of the molecule is CCOC(=O)C1=C(c2ccccc2)NC(=O)N[C@@H]1c1ccc(OCc2ccc(Cl)cc2Cl)c(OCC)c1. The molecule has 1 aliphatic rings. The Kier molecular flexibility index (Phi) is 8.58. The molecule has 192 valence electrons. The van der Waals surface area contributed by atoms with Gasteiger partial charge in [-0.15, -0.1) is 0 Å². The molecule has 3 aromatic carbocycles. The Morgan fingerprint density at radius 1 is 0.919 bits per heavy atom. The Morgan fingerprint density at radius 2 is 1.70 bits per heavy atom. The van der Waals surface area contributed by atoms with Crippen molar-refractivity contribution in [3.8, 4) is 11.5 Å². The Labute approximate surface area is 225 Å². The number of benzene rings is 3. The molecule has 1 heterocycles. The molecule has 0 bridgehead atoms. The van der Waals surface area contributed by atoms with E-state index in [0.29, 0.717) is 45.0 Å². The monoisotopic (exact) mass is 540 g/mol.